The molecule has 0 spiro atoms. The minimum atomic E-state index is -3.16. The molecule has 2 rings (SSSR count). The van der Waals surface area contributed by atoms with Crippen molar-refractivity contribution >= 4 is 21.4 Å². The predicted octanol–water partition coefficient (Wildman–Crippen LogP) is 2.52. The molecule has 0 bridgehead atoms. The lowest BCUT2D eigenvalue weighted by atomic mass is 10.1. The quantitative estimate of drug-likeness (QED) is 0.634. The Morgan fingerprint density at radius 2 is 2.00 bits per heavy atom. The summed E-state index contributed by atoms with van der Waals surface area (Å²) in [5.74, 6) is 0.175. The summed E-state index contributed by atoms with van der Waals surface area (Å²) in [5, 5.41) is 14.3. The molecule has 1 saturated heterocycles. The van der Waals surface area contributed by atoms with E-state index in [2.05, 4.69) is 5.32 Å². The Kier molecular flexibility index (Phi) is 5.59. The number of rotatable bonds is 6. The van der Waals surface area contributed by atoms with Crippen molar-refractivity contribution in [3.63, 3.8) is 0 Å². The SMILES string of the molecule is CCCS(=O)(=O)N1CCC(Nc2ccc(C)cc2[N+](=O)[O-])CC1. The summed E-state index contributed by atoms with van der Waals surface area (Å²) in [6, 6.07) is 5.14. The van der Waals surface area contributed by atoms with Crippen LogP contribution in [0.5, 0.6) is 0 Å². The van der Waals surface area contributed by atoms with Gasteiger partial charge in [0.25, 0.3) is 5.69 Å². The molecule has 1 aliphatic heterocycles. The maximum atomic E-state index is 12.0. The summed E-state index contributed by atoms with van der Waals surface area (Å²) in [6.45, 7) is 4.58. The number of nitro benzene ring substituents is 1. The molecule has 1 aliphatic rings. The molecular formula is C15H23N3O4S. The number of aryl methyl sites for hydroxylation is 1. The Morgan fingerprint density at radius 3 is 2.57 bits per heavy atom. The number of hydrogen-bond donors (Lipinski definition) is 1. The summed E-state index contributed by atoms with van der Waals surface area (Å²) < 4.78 is 25.6. The minimum absolute atomic E-state index is 0.0458. The second-order valence-corrected chi connectivity index (χ2v) is 8.00. The van der Waals surface area contributed by atoms with Crippen molar-refractivity contribution in [1.82, 2.24) is 4.31 Å². The van der Waals surface area contributed by atoms with Crippen LogP contribution < -0.4 is 5.32 Å². The second-order valence-electron chi connectivity index (χ2n) is 5.91. The highest BCUT2D eigenvalue weighted by Crippen LogP contribution is 2.28. The Morgan fingerprint density at radius 1 is 1.35 bits per heavy atom. The monoisotopic (exact) mass is 341 g/mol. The molecule has 0 radical (unpaired) electrons. The van der Waals surface area contributed by atoms with Gasteiger partial charge in [0.2, 0.25) is 10.0 Å². The molecule has 1 N–H and O–H groups in total. The number of piperidine rings is 1. The van der Waals surface area contributed by atoms with E-state index in [0.29, 0.717) is 38.0 Å². The van der Waals surface area contributed by atoms with E-state index in [1.165, 1.54) is 4.31 Å². The van der Waals surface area contributed by atoms with Crippen molar-refractivity contribution in [3.05, 3.63) is 33.9 Å². The van der Waals surface area contributed by atoms with Gasteiger partial charge in [-0.2, -0.15) is 0 Å². The normalized spacial score (nSPS) is 17.1. The lowest BCUT2D eigenvalue weighted by Gasteiger charge is -2.32. The third-order valence-corrected chi connectivity index (χ3v) is 6.10. The number of nitrogens with one attached hydrogen (secondary N) is 1. The molecule has 8 heteroatoms. The molecule has 1 aromatic rings. The van der Waals surface area contributed by atoms with E-state index in [0.717, 1.165) is 5.56 Å². The maximum Gasteiger partial charge on any atom is 0.292 e. The third-order valence-electron chi connectivity index (χ3n) is 4.02. The molecule has 1 aromatic carbocycles. The highest BCUT2D eigenvalue weighted by Gasteiger charge is 2.28. The maximum absolute atomic E-state index is 12.0. The van der Waals surface area contributed by atoms with E-state index in [9.17, 15) is 18.5 Å². The Labute approximate surface area is 136 Å². The van der Waals surface area contributed by atoms with Crippen molar-refractivity contribution in [2.24, 2.45) is 0 Å². The van der Waals surface area contributed by atoms with Gasteiger partial charge in [-0.05, 0) is 37.8 Å². The average Bonchev–Trinajstić information content (AvgIpc) is 2.49. The van der Waals surface area contributed by atoms with Crippen LogP contribution in [0.1, 0.15) is 31.7 Å². The molecule has 0 aliphatic carbocycles. The van der Waals surface area contributed by atoms with Crippen LogP contribution in [0, 0.1) is 17.0 Å². The lowest BCUT2D eigenvalue weighted by molar-refractivity contribution is -0.384. The van der Waals surface area contributed by atoms with Crippen LogP contribution in [-0.2, 0) is 10.0 Å². The first-order valence-electron chi connectivity index (χ1n) is 7.83. The van der Waals surface area contributed by atoms with Gasteiger partial charge in [0.15, 0.2) is 0 Å². The topological polar surface area (TPSA) is 92.6 Å². The van der Waals surface area contributed by atoms with Gasteiger partial charge in [0, 0.05) is 25.2 Å². The predicted molar refractivity (Wildman–Crippen MR) is 90.1 cm³/mol. The Bertz CT molecular complexity index is 667. The summed E-state index contributed by atoms with van der Waals surface area (Å²) in [4.78, 5) is 10.8. The minimum Gasteiger partial charge on any atom is -0.377 e. The van der Waals surface area contributed by atoms with Gasteiger partial charge in [-0.15, -0.1) is 0 Å². The van der Waals surface area contributed by atoms with Crippen LogP contribution in [-0.4, -0.2) is 42.5 Å². The van der Waals surface area contributed by atoms with Crippen LogP contribution in [0.4, 0.5) is 11.4 Å². The van der Waals surface area contributed by atoms with Crippen LogP contribution in [0.15, 0.2) is 18.2 Å². The van der Waals surface area contributed by atoms with Gasteiger partial charge in [-0.25, -0.2) is 12.7 Å². The largest absolute Gasteiger partial charge is 0.377 e. The van der Waals surface area contributed by atoms with E-state index in [1.807, 2.05) is 19.9 Å². The fourth-order valence-corrected chi connectivity index (χ4v) is 4.34. The Hall–Kier alpha value is -1.67. The molecule has 0 saturated carbocycles. The third kappa shape index (κ3) is 4.42. The van der Waals surface area contributed by atoms with E-state index >= 15 is 0 Å². The van der Waals surface area contributed by atoms with Crippen LogP contribution in [0.3, 0.4) is 0 Å². The van der Waals surface area contributed by atoms with E-state index in [4.69, 9.17) is 0 Å². The van der Waals surface area contributed by atoms with Crippen molar-refractivity contribution in [3.8, 4) is 0 Å². The number of hydrogen-bond acceptors (Lipinski definition) is 5. The van der Waals surface area contributed by atoms with Gasteiger partial charge < -0.3 is 5.32 Å². The molecule has 23 heavy (non-hydrogen) atoms. The summed E-state index contributed by atoms with van der Waals surface area (Å²) in [5.41, 5.74) is 1.39. The van der Waals surface area contributed by atoms with Crippen LogP contribution in [0.25, 0.3) is 0 Å². The van der Waals surface area contributed by atoms with Gasteiger partial charge in [-0.1, -0.05) is 13.0 Å². The molecule has 7 nitrogen and oxygen atoms in total. The molecule has 0 unspecified atom stereocenters. The smallest absolute Gasteiger partial charge is 0.292 e. The fraction of sp³-hybridized carbons (Fsp3) is 0.600. The number of sulfonamides is 1. The van der Waals surface area contributed by atoms with E-state index < -0.39 is 14.9 Å². The zero-order valence-electron chi connectivity index (χ0n) is 13.5. The number of nitro groups is 1. The van der Waals surface area contributed by atoms with Gasteiger partial charge in [-0.3, -0.25) is 10.1 Å². The van der Waals surface area contributed by atoms with Gasteiger partial charge >= 0.3 is 0 Å². The zero-order valence-corrected chi connectivity index (χ0v) is 14.3. The molecule has 1 fully saturated rings. The molecular weight excluding hydrogens is 318 g/mol. The summed E-state index contributed by atoms with van der Waals surface area (Å²) >= 11 is 0. The van der Waals surface area contributed by atoms with Crippen molar-refractivity contribution in [1.29, 1.82) is 0 Å². The number of benzene rings is 1. The summed E-state index contributed by atoms with van der Waals surface area (Å²) in [7, 11) is -3.16. The first-order valence-corrected chi connectivity index (χ1v) is 9.44. The van der Waals surface area contributed by atoms with Crippen molar-refractivity contribution < 1.29 is 13.3 Å². The van der Waals surface area contributed by atoms with Crippen LogP contribution >= 0.6 is 0 Å². The second kappa shape index (κ2) is 7.27. The number of anilines is 1. The standard InChI is InChI=1S/C15H23N3O4S/c1-3-10-23(21,22)17-8-6-13(7-9-17)16-14-5-4-12(2)11-15(14)18(19)20/h4-5,11,13,16H,3,6-10H2,1-2H3. The van der Waals surface area contributed by atoms with Gasteiger partial charge in [0.05, 0.1) is 10.7 Å². The molecule has 0 amide bonds. The Balaban J connectivity index is 2.01. The first kappa shape index (κ1) is 17.7. The highest BCUT2D eigenvalue weighted by atomic mass is 32.2. The zero-order chi connectivity index (χ0) is 17.0. The highest BCUT2D eigenvalue weighted by molar-refractivity contribution is 7.89. The molecule has 1 heterocycles. The van der Waals surface area contributed by atoms with Crippen LogP contribution in [0.2, 0.25) is 0 Å². The van der Waals surface area contributed by atoms with E-state index in [-0.39, 0.29) is 17.5 Å². The molecule has 0 aromatic heterocycles. The van der Waals surface area contributed by atoms with Crippen molar-refractivity contribution in [2.45, 2.75) is 39.2 Å². The molecule has 128 valence electrons. The average molecular weight is 341 g/mol. The van der Waals surface area contributed by atoms with Crippen molar-refractivity contribution in [2.75, 3.05) is 24.2 Å². The summed E-state index contributed by atoms with van der Waals surface area (Å²) in [6.07, 6.45) is 1.90. The fourth-order valence-electron chi connectivity index (χ4n) is 2.80. The number of nitrogens with zero attached hydrogens (tertiary/aromatic N) is 2. The van der Waals surface area contributed by atoms with E-state index in [1.54, 1.807) is 12.1 Å². The van der Waals surface area contributed by atoms with Gasteiger partial charge in [0.1, 0.15) is 5.69 Å². The lowest BCUT2D eigenvalue weighted by Crippen LogP contribution is -2.43. The first-order chi connectivity index (χ1) is 10.8. The molecule has 0 atom stereocenters.